The van der Waals surface area contributed by atoms with Crippen LogP contribution in [0.3, 0.4) is 0 Å². The fourth-order valence-corrected chi connectivity index (χ4v) is 3.57. The largest absolute Gasteiger partial charge is 0.452 e. The van der Waals surface area contributed by atoms with Crippen molar-refractivity contribution in [1.82, 2.24) is 5.32 Å². The second-order valence-corrected chi connectivity index (χ2v) is 8.49. The van der Waals surface area contributed by atoms with Crippen molar-refractivity contribution in [3.05, 3.63) is 107 Å². The number of benzene rings is 3. The Bertz CT molecular complexity index is 1240. The van der Waals surface area contributed by atoms with E-state index >= 15 is 0 Å². The lowest BCUT2D eigenvalue weighted by atomic mass is 10.2. The third-order valence-electron chi connectivity index (χ3n) is 4.33. The Morgan fingerprint density at radius 3 is 2.39 bits per heavy atom. The SMILES string of the molecule is O=C(COC(=O)c1cccc(NS(=O)(=O)/C=C/c2ccccc2)c1)NCc1ccc(F)cc1. The molecule has 0 bridgehead atoms. The van der Waals surface area contributed by atoms with Crippen LogP contribution in [0.2, 0.25) is 0 Å². The van der Waals surface area contributed by atoms with Gasteiger partial charge < -0.3 is 10.1 Å². The summed E-state index contributed by atoms with van der Waals surface area (Å²) in [5.41, 5.74) is 1.66. The van der Waals surface area contributed by atoms with Crippen molar-refractivity contribution in [2.45, 2.75) is 6.54 Å². The van der Waals surface area contributed by atoms with Gasteiger partial charge in [-0.1, -0.05) is 48.5 Å². The van der Waals surface area contributed by atoms with Gasteiger partial charge in [-0.3, -0.25) is 9.52 Å². The minimum absolute atomic E-state index is 0.0774. The molecule has 1 amide bonds. The molecule has 3 aromatic rings. The second-order valence-electron chi connectivity index (χ2n) is 6.92. The molecule has 0 aliphatic rings. The fourth-order valence-electron chi connectivity index (χ4n) is 2.71. The summed E-state index contributed by atoms with van der Waals surface area (Å²) < 4.78 is 44.8. The molecule has 0 fully saturated rings. The Kier molecular flexibility index (Phi) is 7.93. The van der Waals surface area contributed by atoms with E-state index in [0.29, 0.717) is 5.56 Å². The van der Waals surface area contributed by atoms with Crippen LogP contribution >= 0.6 is 0 Å². The molecule has 9 heteroatoms. The highest BCUT2D eigenvalue weighted by atomic mass is 32.2. The Hall–Kier alpha value is -3.98. The van der Waals surface area contributed by atoms with E-state index < -0.39 is 28.5 Å². The van der Waals surface area contributed by atoms with Gasteiger partial charge in [-0.25, -0.2) is 17.6 Å². The molecule has 2 N–H and O–H groups in total. The van der Waals surface area contributed by atoms with Crippen LogP contribution in [0.1, 0.15) is 21.5 Å². The van der Waals surface area contributed by atoms with Crippen LogP contribution in [0.5, 0.6) is 0 Å². The maximum Gasteiger partial charge on any atom is 0.338 e. The van der Waals surface area contributed by atoms with E-state index in [1.807, 2.05) is 6.07 Å². The zero-order valence-corrected chi connectivity index (χ0v) is 18.2. The van der Waals surface area contributed by atoms with Crippen LogP contribution in [-0.4, -0.2) is 26.9 Å². The quantitative estimate of drug-likeness (QED) is 0.466. The molecule has 0 aliphatic heterocycles. The van der Waals surface area contributed by atoms with Gasteiger partial charge in [-0.2, -0.15) is 0 Å². The maximum absolute atomic E-state index is 12.9. The monoisotopic (exact) mass is 468 g/mol. The molecule has 0 saturated carbocycles. The fraction of sp³-hybridized carbons (Fsp3) is 0.0833. The highest BCUT2D eigenvalue weighted by Gasteiger charge is 2.13. The summed E-state index contributed by atoms with van der Waals surface area (Å²) in [5, 5.41) is 3.58. The van der Waals surface area contributed by atoms with Gasteiger partial charge in [0.05, 0.1) is 11.0 Å². The summed E-state index contributed by atoms with van der Waals surface area (Å²) in [4.78, 5) is 24.2. The number of rotatable bonds is 9. The van der Waals surface area contributed by atoms with Crippen LogP contribution in [0.15, 0.2) is 84.3 Å². The first-order valence-corrected chi connectivity index (χ1v) is 11.4. The Balaban J connectivity index is 1.52. The predicted octanol–water partition coefficient (Wildman–Crippen LogP) is 3.71. The molecule has 0 atom stereocenters. The van der Waals surface area contributed by atoms with E-state index in [1.54, 1.807) is 24.3 Å². The highest BCUT2D eigenvalue weighted by molar-refractivity contribution is 7.95. The molecule has 0 aromatic heterocycles. The maximum atomic E-state index is 12.9. The summed E-state index contributed by atoms with van der Waals surface area (Å²) in [5.74, 6) is -1.70. The number of sulfonamides is 1. The van der Waals surface area contributed by atoms with Crippen molar-refractivity contribution in [1.29, 1.82) is 0 Å². The number of carbonyl (C=O) groups is 2. The number of hydrogen-bond donors (Lipinski definition) is 2. The number of nitrogens with one attached hydrogen (secondary N) is 2. The van der Waals surface area contributed by atoms with E-state index in [4.69, 9.17) is 4.74 Å². The zero-order valence-electron chi connectivity index (χ0n) is 17.4. The van der Waals surface area contributed by atoms with Gasteiger partial charge >= 0.3 is 5.97 Å². The van der Waals surface area contributed by atoms with Crippen LogP contribution < -0.4 is 10.0 Å². The van der Waals surface area contributed by atoms with E-state index in [-0.39, 0.29) is 23.6 Å². The van der Waals surface area contributed by atoms with Crippen LogP contribution in [0.4, 0.5) is 10.1 Å². The average molecular weight is 469 g/mol. The minimum atomic E-state index is -3.81. The molecular weight excluding hydrogens is 447 g/mol. The van der Waals surface area contributed by atoms with Crippen molar-refractivity contribution >= 4 is 33.7 Å². The molecule has 0 saturated heterocycles. The zero-order chi connectivity index (χ0) is 23.7. The van der Waals surface area contributed by atoms with Crippen molar-refractivity contribution < 1.29 is 27.1 Å². The summed E-state index contributed by atoms with van der Waals surface area (Å²) in [6.45, 7) is -0.361. The van der Waals surface area contributed by atoms with Gasteiger partial charge in [0.25, 0.3) is 15.9 Å². The lowest BCUT2D eigenvalue weighted by Gasteiger charge is -2.09. The van der Waals surface area contributed by atoms with Gasteiger partial charge in [0, 0.05) is 12.2 Å². The molecule has 3 aromatic carbocycles. The van der Waals surface area contributed by atoms with E-state index in [0.717, 1.165) is 11.0 Å². The highest BCUT2D eigenvalue weighted by Crippen LogP contribution is 2.15. The van der Waals surface area contributed by atoms with Gasteiger partial charge in [0.1, 0.15) is 5.82 Å². The van der Waals surface area contributed by atoms with Crippen LogP contribution in [0, 0.1) is 5.82 Å². The van der Waals surface area contributed by atoms with Gasteiger partial charge in [-0.15, -0.1) is 0 Å². The summed E-state index contributed by atoms with van der Waals surface area (Å²) >= 11 is 0. The lowest BCUT2D eigenvalue weighted by molar-refractivity contribution is -0.124. The number of ether oxygens (including phenoxy) is 1. The Labute approximate surface area is 191 Å². The van der Waals surface area contributed by atoms with Gasteiger partial charge in [0.15, 0.2) is 6.61 Å². The summed E-state index contributed by atoms with van der Waals surface area (Å²) in [6, 6.07) is 20.3. The standard InChI is InChI=1S/C24H21FN2O5S/c25-21-11-9-19(10-12-21)16-26-23(28)17-32-24(29)20-7-4-8-22(15-20)27-33(30,31)14-13-18-5-2-1-3-6-18/h1-15,27H,16-17H2,(H,26,28)/b14-13+. The average Bonchev–Trinajstić information content (AvgIpc) is 2.81. The molecule has 0 radical (unpaired) electrons. The Morgan fingerprint density at radius 1 is 0.939 bits per heavy atom. The Morgan fingerprint density at radius 2 is 1.67 bits per heavy atom. The molecular formula is C24H21FN2O5S. The third-order valence-corrected chi connectivity index (χ3v) is 5.35. The predicted molar refractivity (Wildman–Crippen MR) is 123 cm³/mol. The second kappa shape index (κ2) is 11.1. The molecule has 0 aliphatic carbocycles. The molecule has 0 heterocycles. The molecule has 7 nitrogen and oxygen atoms in total. The normalized spacial score (nSPS) is 11.2. The van der Waals surface area contributed by atoms with Crippen LogP contribution in [-0.2, 0) is 26.1 Å². The molecule has 0 spiro atoms. The summed E-state index contributed by atoms with van der Waals surface area (Å²) in [7, 11) is -3.81. The summed E-state index contributed by atoms with van der Waals surface area (Å²) in [6.07, 6.45) is 1.45. The third kappa shape index (κ3) is 7.89. The van der Waals surface area contributed by atoms with E-state index in [1.165, 1.54) is 54.6 Å². The first-order chi connectivity index (χ1) is 15.8. The number of hydrogen-bond acceptors (Lipinski definition) is 5. The van der Waals surface area contributed by atoms with Crippen molar-refractivity contribution in [2.24, 2.45) is 0 Å². The number of halogens is 1. The van der Waals surface area contributed by atoms with Crippen LogP contribution in [0.25, 0.3) is 6.08 Å². The lowest BCUT2D eigenvalue weighted by Crippen LogP contribution is -2.28. The minimum Gasteiger partial charge on any atom is -0.452 e. The topological polar surface area (TPSA) is 102 Å². The van der Waals surface area contributed by atoms with E-state index in [2.05, 4.69) is 10.0 Å². The molecule has 0 unspecified atom stereocenters. The number of amides is 1. The van der Waals surface area contributed by atoms with Gasteiger partial charge in [-0.05, 0) is 47.5 Å². The first kappa shape index (κ1) is 23.7. The van der Waals surface area contributed by atoms with Crippen molar-refractivity contribution in [3.8, 4) is 0 Å². The number of anilines is 1. The van der Waals surface area contributed by atoms with Gasteiger partial charge in [0.2, 0.25) is 0 Å². The molecule has 33 heavy (non-hydrogen) atoms. The van der Waals surface area contributed by atoms with Crippen molar-refractivity contribution in [2.75, 3.05) is 11.3 Å². The van der Waals surface area contributed by atoms with E-state index in [9.17, 15) is 22.4 Å². The molecule has 3 rings (SSSR count). The van der Waals surface area contributed by atoms with Crippen molar-refractivity contribution in [3.63, 3.8) is 0 Å². The molecule has 170 valence electrons. The first-order valence-electron chi connectivity index (χ1n) is 9.85. The number of esters is 1. The number of carbonyl (C=O) groups excluding carboxylic acids is 2. The smallest absolute Gasteiger partial charge is 0.338 e.